The van der Waals surface area contributed by atoms with E-state index < -0.39 is 0 Å². The molecule has 1 heteroatoms. The van der Waals surface area contributed by atoms with Crippen LogP contribution in [0.3, 0.4) is 0 Å². The van der Waals surface area contributed by atoms with Crippen molar-refractivity contribution in [2.24, 2.45) is 5.92 Å². The molecule has 0 amide bonds. The van der Waals surface area contributed by atoms with Gasteiger partial charge in [-0.25, -0.2) is 0 Å². The Labute approximate surface area is 50.6 Å². The van der Waals surface area contributed by atoms with Gasteiger partial charge in [-0.05, 0) is 20.3 Å². The molecule has 0 radical (unpaired) electrons. The highest BCUT2D eigenvalue weighted by molar-refractivity contribution is 4.95. The Bertz CT molecular complexity index is 119. The van der Waals surface area contributed by atoms with E-state index in [9.17, 15) is 0 Å². The van der Waals surface area contributed by atoms with Gasteiger partial charge in [0.15, 0.2) is 0 Å². The quantitative estimate of drug-likeness (QED) is 0.498. The minimum atomic E-state index is 0.132. The van der Waals surface area contributed by atoms with Crippen LogP contribution in [0.1, 0.15) is 20.3 Å². The van der Waals surface area contributed by atoms with Crippen LogP contribution in [0.5, 0.6) is 0 Å². The fourth-order valence-electron chi connectivity index (χ4n) is 0.568. The highest BCUT2D eigenvalue weighted by atomic mass is 14.3. The Hall–Kier alpha value is -0.770. The maximum Gasteiger partial charge on any atom is 0.0656 e. The van der Waals surface area contributed by atoms with Crippen LogP contribution in [0.4, 0.5) is 0 Å². The summed E-state index contributed by atoms with van der Waals surface area (Å²) in [6.45, 7) is 7.53. The normalized spacial score (nSPS) is 12.1. The number of rotatable bonds is 2. The van der Waals surface area contributed by atoms with Gasteiger partial charge in [0.1, 0.15) is 0 Å². The van der Waals surface area contributed by atoms with Gasteiger partial charge >= 0.3 is 0 Å². The third-order valence-corrected chi connectivity index (χ3v) is 0.875. The number of allylic oxidation sites excluding steroid dienone is 1. The highest BCUT2D eigenvalue weighted by Gasteiger charge is 1.96. The Morgan fingerprint density at radius 1 is 1.88 bits per heavy atom. The van der Waals surface area contributed by atoms with Crippen LogP contribution in [0.25, 0.3) is 0 Å². The first-order chi connectivity index (χ1) is 3.66. The molecule has 0 aliphatic rings. The van der Waals surface area contributed by atoms with Crippen LogP contribution in [0, 0.1) is 17.2 Å². The summed E-state index contributed by atoms with van der Waals surface area (Å²) < 4.78 is 0. The number of nitriles is 1. The number of hydrogen-bond donors (Lipinski definition) is 0. The monoisotopic (exact) mass is 109 g/mol. The molecule has 0 aromatic rings. The van der Waals surface area contributed by atoms with E-state index in [4.69, 9.17) is 5.26 Å². The molecule has 0 heterocycles. The molecular formula is C7H11N. The molecule has 0 rings (SSSR count). The molecule has 0 N–H and O–H groups in total. The van der Waals surface area contributed by atoms with E-state index in [-0.39, 0.29) is 5.92 Å². The van der Waals surface area contributed by atoms with E-state index >= 15 is 0 Å². The first kappa shape index (κ1) is 7.23. The Morgan fingerprint density at radius 3 is 2.50 bits per heavy atom. The average molecular weight is 109 g/mol. The van der Waals surface area contributed by atoms with E-state index in [0.29, 0.717) is 0 Å². The van der Waals surface area contributed by atoms with Crippen molar-refractivity contribution in [2.75, 3.05) is 0 Å². The fourth-order valence-corrected chi connectivity index (χ4v) is 0.568. The first-order valence-electron chi connectivity index (χ1n) is 2.70. The van der Waals surface area contributed by atoms with Crippen LogP contribution in [-0.2, 0) is 0 Å². The van der Waals surface area contributed by atoms with Gasteiger partial charge in [0.25, 0.3) is 0 Å². The summed E-state index contributed by atoms with van der Waals surface area (Å²) in [6.07, 6.45) is 0.830. The van der Waals surface area contributed by atoms with Gasteiger partial charge < -0.3 is 0 Å². The summed E-state index contributed by atoms with van der Waals surface area (Å²) >= 11 is 0. The van der Waals surface area contributed by atoms with Crippen molar-refractivity contribution in [3.63, 3.8) is 0 Å². The molecule has 0 fully saturated rings. The highest BCUT2D eigenvalue weighted by Crippen LogP contribution is 2.05. The minimum Gasteiger partial charge on any atom is -0.198 e. The van der Waals surface area contributed by atoms with Crippen molar-refractivity contribution in [2.45, 2.75) is 20.3 Å². The Kier molecular flexibility index (Phi) is 2.95. The summed E-state index contributed by atoms with van der Waals surface area (Å²) in [5, 5.41) is 8.29. The average Bonchev–Trinajstić information content (AvgIpc) is 1.65. The molecule has 0 aromatic carbocycles. The van der Waals surface area contributed by atoms with Crippen LogP contribution in [-0.4, -0.2) is 0 Å². The maximum absolute atomic E-state index is 8.29. The van der Waals surface area contributed by atoms with Crippen LogP contribution in [0.15, 0.2) is 12.2 Å². The molecule has 0 saturated carbocycles. The first-order valence-corrected chi connectivity index (χ1v) is 2.70. The lowest BCUT2D eigenvalue weighted by Crippen LogP contribution is -1.88. The molecule has 1 unspecified atom stereocenters. The lowest BCUT2D eigenvalue weighted by atomic mass is 10.1. The lowest BCUT2D eigenvalue weighted by Gasteiger charge is -1.97. The Balaban J connectivity index is 3.43. The van der Waals surface area contributed by atoms with Crippen LogP contribution >= 0.6 is 0 Å². The number of nitrogens with zero attached hydrogens (tertiary/aromatic N) is 1. The zero-order valence-electron chi connectivity index (χ0n) is 5.44. The molecule has 0 aliphatic carbocycles. The Morgan fingerprint density at radius 2 is 2.38 bits per heavy atom. The van der Waals surface area contributed by atoms with Gasteiger partial charge in [-0.1, -0.05) is 5.57 Å². The van der Waals surface area contributed by atoms with Crippen molar-refractivity contribution < 1.29 is 0 Å². The van der Waals surface area contributed by atoms with Gasteiger partial charge in [0.05, 0.1) is 6.07 Å². The van der Waals surface area contributed by atoms with Crippen molar-refractivity contribution in [1.29, 1.82) is 5.26 Å². The van der Waals surface area contributed by atoms with Gasteiger partial charge in [0.2, 0.25) is 0 Å². The molecule has 0 saturated heterocycles. The van der Waals surface area contributed by atoms with Crippen LogP contribution < -0.4 is 0 Å². The van der Waals surface area contributed by atoms with Crippen molar-refractivity contribution >= 4 is 0 Å². The second kappa shape index (κ2) is 3.26. The van der Waals surface area contributed by atoms with Gasteiger partial charge in [-0.3, -0.25) is 0 Å². The minimum absolute atomic E-state index is 0.132. The standard InChI is InChI=1S/C7H11N/c1-6(2)4-7(3)5-8/h7H,1,4H2,2-3H3. The van der Waals surface area contributed by atoms with E-state index in [0.717, 1.165) is 12.0 Å². The molecule has 0 aliphatic heterocycles. The van der Waals surface area contributed by atoms with Crippen molar-refractivity contribution in [3.8, 4) is 6.07 Å². The largest absolute Gasteiger partial charge is 0.198 e. The molecular weight excluding hydrogens is 98.1 g/mol. The van der Waals surface area contributed by atoms with Crippen LogP contribution in [0.2, 0.25) is 0 Å². The SMILES string of the molecule is C=C(C)CC(C)C#N. The third-order valence-electron chi connectivity index (χ3n) is 0.875. The fraction of sp³-hybridized carbons (Fsp3) is 0.571. The molecule has 0 spiro atoms. The summed E-state index contributed by atoms with van der Waals surface area (Å²) in [7, 11) is 0. The summed E-state index contributed by atoms with van der Waals surface area (Å²) in [5.74, 6) is 0.132. The predicted octanol–water partition coefficient (Wildman–Crippen LogP) is 2.11. The van der Waals surface area contributed by atoms with Gasteiger partial charge in [-0.15, -0.1) is 6.58 Å². The second-order valence-electron chi connectivity index (χ2n) is 2.19. The molecule has 1 nitrogen and oxygen atoms in total. The zero-order valence-corrected chi connectivity index (χ0v) is 5.44. The zero-order chi connectivity index (χ0) is 6.57. The summed E-state index contributed by atoms with van der Waals surface area (Å²) in [4.78, 5) is 0. The molecule has 0 aromatic heterocycles. The third kappa shape index (κ3) is 3.42. The summed E-state index contributed by atoms with van der Waals surface area (Å²) in [6, 6.07) is 2.14. The van der Waals surface area contributed by atoms with Crippen molar-refractivity contribution in [3.05, 3.63) is 12.2 Å². The topological polar surface area (TPSA) is 23.8 Å². The van der Waals surface area contributed by atoms with Crippen molar-refractivity contribution in [1.82, 2.24) is 0 Å². The molecule has 8 heavy (non-hydrogen) atoms. The smallest absolute Gasteiger partial charge is 0.0656 e. The van der Waals surface area contributed by atoms with Gasteiger partial charge in [-0.2, -0.15) is 5.26 Å². The van der Waals surface area contributed by atoms with E-state index in [2.05, 4.69) is 12.6 Å². The van der Waals surface area contributed by atoms with E-state index in [1.807, 2.05) is 13.8 Å². The lowest BCUT2D eigenvalue weighted by molar-refractivity contribution is 0.733. The molecule has 44 valence electrons. The number of hydrogen-bond acceptors (Lipinski definition) is 1. The second-order valence-corrected chi connectivity index (χ2v) is 2.19. The summed E-state index contributed by atoms with van der Waals surface area (Å²) in [5.41, 5.74) is 1.08. The van der Waals surface area contributed by atoms with E-state index in [1.165, 1.54) is 0 Å². The predicted molar refractivity (Wildman–Crippen MR) is 34.2 cm³/mol. The van der Waals surface area contributed by atoms with E-state index in [1.54, 1.807) is 0 Å². The molecule has 0 bridgehead atoms. The molecule has 1 atom stereocenters. The maximum atomic E-state index is 8.29. The van der Waals surface area contributed by atoms with Gasteiger partial charge in [0, 0.05) is 5.92 Å².